The number of hydrogen-bond donors (Lipinski definition) is 3. The number of nitrogens with one attached hydrogen (secondary N) is 2. The minimum absolute atomic E-state index is 0.0196. The fourth-order valence-corrected chi connectivity index (χ4v) is 1.40. The molecule has 6 heteroatoms. The highest BCUT2D eigenvalue weighted by atomic mass is 19.1. The highest BCUT2D eigenvalue weighted by Crippen LogP contribution is 2.15. The van der Waals surface area contributed by atoms with Gasteiger partial charge in [0, 0.05) is 6.54 Å². The van der Waals surface area contributed by atoms with Crippen LogP contribution in [0.1, 0.15) is 24.2 Å². The Morgan fingerprint density at radius 3 is 2.72 bits per heavy atom. The van der Waals surface area contributed by atoms with Gasteiger partial charge in [0.05, 0.1) is 11.3 Å². The number of nitrogen functional groups attached to an aromatic ring is 1. The highest BCUT2D eigenvalue weighted by molar-refractivity contribution is 6.01. The smallest absolute Gasteiger partial charge is 0.254 e. The Bertz CT molecular complexity index is 463. The number of anilines is 1. The second-order valence-corrected chi connectivity index (χ2v) is 3.79. The molecule has 1 rings (SSSR count). The molecule has 98 valence electrons. The van der Waals surface area contributed by atoms with E-state index in [1.165, 1.54) is 18.2 Å². The van der Waals surface area contributed by atoms with Gasteiger partial charge in [-0.25, -0.2) is 4.39 Å². The van der Waals surface area contributed by atoms with Crippen molar-refractivity contribution >= 4 is 17.5 Å². The first-order valence-corrected chi connectivity index (χ1v) is 5.60. The van der Waals surface area contributed by atoms with Gasteiger partial charge >= 0.3 is 0 Å². The number of benzene rings is 1. The maximum Gasteiger partial charge on any atom is 0.254 e. The molecule has 0 spiro atoms. The molecule has 5 nitrogen and oxygen atoms in total. The molecule has 0 aliphatic carbocycles. The summed E-state index contributed by atoms with van der Waals surface area (Å²) in [5.41, 5.74) is 5.25. The Hall–Kier alpha value is -2.11. The van der Waals surface area contributed by atoms with Crippen LogP contribution in [0.15, 0.2) is 18.2 Å². The van der Waals surface area contributed by atoms with Crippen molar-refractivity contribution in [2.24, 2.45) is 0 Å². The third-order valence-corrected chi connectivity index (χ3v) is 2.39. The van der Waals surface area contributed by atoms with Crippen molar-refractivity contribution in [2.75, 3.05) is 12.3 Å². The number of nitrogens with two attached hydrogens (primary N) is 1. The fourth-order valence-electron chi connectivity index (χ4n) is 1.40. The molecule has 0 radical (unpaired) electrons. The van der Waals surface area contributed by atoms with E-state index in [4.69, 9.17) is 5.73 Å². The summed E-state index contributed by atoms with van der Waals surface area (Å²) in [7, 11) is 0. The fraction of sp³-hybridized carbons (Fsp3) is 0.333. The van der Waals surface area contributed by atoms with Gasteiger partial charge in [-0.1, -0.05) is 6.07 Å². The Morgan fingerprint density at radius 1 is 1.44 bits per heavy atom. The van der Waals surface area contributed by atoms with Gasteiger partial charge in [0.1, 0.15) is 11.9 Å². The number of rotatable bonds is 4. The lowest BCUT2D eigenvalue weighted by Gasteiger charge is -2.14. The molecule has 1 atom stereocenters. The van der Waals surface area contributed by atoms with Gasteiger partial charge in [-0.2, -0.15) is 0 Å². The zero-order valence-electron chi connectivity index (χ0n) is 10.3. The van der Waals surface area contributed by atoms with Crippen molar-refractivity contribution in [2.45, 2.75) is 19.9 Å². The molecule has 0 saturated heterocycles. The minimum atomic E-state index is -0.708. The SMILES string of the molecule is CCNC(=O)C(C)NC(=O)c1cccc(F)c1N. The van der Waals surface area contributed by atoms with E-state index in [0.29, 0.717) is 6.54 Å². The van der Waals surface area contributed by atoms with E-state index >= 15 is 0 Å². The quantitative estimate of drug-likeness (QED) is 0.689. The summed E-state index contributed by atoms with van der Waals surface area (Å²) in [5.74, 6) is -1.54. The van der Waals surface area contributed by atoms with Gasteiger partial charge in [-0.3, -0.25) is 9.59 Å². The van der Waals surface area contributed by atoms with Gasteiger partial charge in [0.15, 0.2) is 0 Å². The number of hydrogen-bond acceptors (Lipinski definition) is 3. The molecule has 0 fully saturated rings. The van der Waals surface area contributed by atoms with Crippen molar-refractivity contribution < 1.29 is 14.0 Å². The number of amides is 2. The van der Waals surface area contributed by atoms with Gasteiger partial charge in [-0.15, -0.1) is 0 Å². The molecule has 4 N–H and O–H groups in total. The molecule has 0 aliphatic rings. The third kappa shape index (κ3) is 3.19. The second kappa shape index (κ2) is 6.00. The standard InChI is InChI=1S/C12H16FN3O2/c1-3-15-11(17)7(2)16-12(18)8-5-4-6-9(13)10(8)14/h4-7H,3,14H2,1-2H3,(H,15,17)(H,16,18). The van der Waals surface area contributed by atoms with Crippen LogP contribution in [0.25, 0.3) is 0 Å². The molecule has 1 aromatic rings. The van der Waals surface area contributed by atoms with Crippen LogP contribution in [-0.4, -0.2) is 24.4 Å². The average Bonchev–Trinajstić information content (AvgIpc) is 2.32. The number of carbonyl (C=O) groups excluding carboxylic acids is 2. The number of likely N-dealkylation sites (N-methyl/N-ethyl adjacent to an activating group) is 1. The van der Waals surface area contributed by atoms with E-state index in [-0.39, 0.29) is 17.2 Å². The predicted molar refractivity (Wildman–Crippen MR) is 66.4 cm³/mol. The summed E-state index contributed by atoms with van der Waals surface area (Å²) >= 11 is 0. The zero-order chi connectivity index (χ0) is 13.7. The number of carbonyl (C=O) groups is 2. The molecule has 0 aliphatic heterocycles. The highest BCUT2D eigenvalue weighted by Gasteiger charge is 2.18. The Balaban J connectivity index is 2.77. The molecule has 1 unspecified atom stereocenters. The van der Waals surface area contributed by atoms with E-state index in [1.54, 1.807) is 13.8 Å². The van der Waals surface area contributed by atoms with Crippen molar-refractivity contribution in [3.8, 4) is 0 Å². The monoisotopic (exact) mass is 253 g/mol. The van der Waals surface area contributed by atoms with E-state index in [1.807, 2.05) is 0 Å². The summed E-state index contributed by atoms with van der Waals surface area (Å²) in [6.45, 7) is 3.79. The topological polar surface area (TPSA) is 84.2 Å². The molecular weight excluding hydrogens is 237 g/mol. The van der Waals surface area contributed by atoms with Crippen LogP contribution in [0.4, 0.5) is 10.1 Å². The Morgan fingerprint density at radius 2 is 2.11 bits per heavy atom. The van der Waals surface area contributed by atoms with E-state index in [0.717, 1.165) is 0 Å². The van der Waals surface area contributed by atoms with E-state index < -0.39 is 17.8 Å². The minimum Gasteiger partial charge on any atom is -0.396 e. The normalized spacial score (nSPS) is 11.7. The average molecular weight is 253 g/mol. The largest absolute Gasteiger partial charge is 0.396 e. The lowest BCUT2D eigenvalue weighted by Crippen LogP contribution is -2.44. The van der Waals surface area contributed by atoms with Crippen molar-refractivity contribution in [1.82, 2.24) is 10.6 Å². The maximum absolute atomic E-state index is 13.2. The van der Waals surface area contributed by atoms with Gasteiger partial charge in [0.2, 0.25) is 5.91 Å². The van der Waals surface area contributed by atoms with Crippen LogP contribution in [0.5, 0.6) is 0 Å². The van der Waals surface area contributed by atoms with Crippen LogP contribution >= 0.6 is 0 Å². The second-order valence-electron chi connectivity index (χ2n) is 3.79. The molecule has 2 amide bonds. The first-order chi connectivity index (χ1) is 8.47. The summed E-state index contributed by atoms with van der Waals surface area (Å²) in [6.07, 6.45) is 0. The predicted octanol–water partition coefficient (Wildman–Crippen LogP) is 0.662. The van der Waals surface area contributed by atoms with Crippen molar-refractivity contribution in [1.29, 1.82) is 0 Å². The third-order valence-electron chi connectivity index (χ3n) is 2.39. The molecule has 0 heterocycles. The van der Waals surface area contributed by atoms with Crippen LogP contribution in [0.2, 0.25) is 0 Å². The number of halogens is 1. The first kappa shape index (κ1) is 14.0. The summed E-state index contributed by atoms with van der Waals surface area (Å²) in [5, 5.41) is 5.02. The van der Waals surface area contributed by atoms with Gasteiger partial charge < -0.3 is 16.4 Å². The lowest BCUT2D eigenvalue weighted by molar-refractivity contribution is -0.122. The zero-order valence-corrected chi connectivity index (χ0v) is 10.3. The van der Waals surface area contributed by atoms with E-state index in [9.17, 15) is 14.0 Å². The maximum atomic E-state index is 13.2. The molecule has 1 aromatic carbocycles. The molecule has 0 saturated carbocycles. The van der Waals surface area contributed by atoms with E-state index in [2.05, 4.69) is 10.6 Å². The van der Waals surface area contributed by atoms with Crippen molar-refractivity contribution in [3.63, 3.8) is 0 Å². The summed E-state index contributed by atoms with van der Waals surface area (Å²) < 4.78 is 13.2. The molecule has 18 heavy (non-hydrogen) atoms. The lowest BCUT2D eigenvalue weighted by atomic mass is 10.1. The Kier molecular flexibility index (Phi) is 4.65. The van der Waals surface area contributed by atoms with Crippen molar-refractivity contribution in [3.05, 3.63) is 29.6 Å². The van der Waals surface area contributed by atoms with Crippen LogP contribution in [0.3, 0.4) is 0 Å². The number of para-hydroxylation sites is 1. The van der Waals surface area contributed by atoms with Gasteiger partial charge in [-0.05, 0) is 26.0 Å². The first-order valence-electron chi connectivity index (χ1n) is 5.60. The summed E-state index contributed by atoms with van der Waals surface area (Å²) in [6, 6.07) is 3.25. The summed E-state index contributed by atoms with van der Waals surface area (Å²) in [4.78, 5) is 23.2. The molecule has 0 bridgehead atoms. The molecule has 0 aromatic heterocycles. The van der Waals surface area contributed by atoms with Crippen LogP contribution in [0, 0.1) is 5.82 Å². The van der Waals surface area contributed by atoms with Gasteiger partial charge in [0.25, 0.3) is 5.91 Å². The van der Waals surface area contributed by atoms with Crippen LogP contribution in [-0.2, 0) is 4.79 Å². The molecular formula is C12H16FN3O2. The Labute approximate surface area is 105 Å². The van der Waals surface area contributed by atoms with Crippen LogP contribution < -0.4 is 16.4 Å².